The fourth-order valence-electron chi connectivity index (χ4n) is 5.10. The van der Waals surface area contributed by atoms with Crippen LogP contribution in [-0.2, 0) is 12.8 Å². The van der Waals surface area contributed by atoms with Gasteiger partial charge in [-0.1, -0.05) is 52.4 Å². The molecule has 0 N–H and O–H groups in total. The molecule has 1 heterocycles. The molecule has 0 nitrogen and oxygen atoms in total. The third-order valence-corrected chi connectivity index (χ3v) is 9.20. The SMILES string of the molecule is CCCCCCCCCCCCCCc1c[se]cc1CCCCCCCCCCCCCC. The first-order chi connectivity index (χ1) is 16.4. The molecule has 0 atom stereocenters. The van der Waals surface area contributed by atoms with Crippen LogP contribution in [0.3, 0.4) is 0 Å². The third-order valence-electron chi connectivity index (χ3n) is 7.43. The van der Waals surface area contributed by atoms with Gasteiger partial charge in [-0.25, -0.2) is 0 Å². The van der Waals surface area contributed by atoms with Crippen molar-refractivity contribution in [2.75, 3.05) is 0 Å². The van der Waals surface area contributed by atoms with Crippen molar-refractivity contribution in [1.82, 2.24) is 0 Å². The van der Waals surface area contributed by atoms with E-state index in [2.05, 4.69) is 23.7 Å². The average molecular weight is 524 g/mol. The van der Waals surface area contributed by atoms with Crippen LogP contribution in [0.15, 0.2) is 9.88 Å². The molecule has 194 valence electrons. The summed E-state index contributed by atoms with van der Waals surface area (Å²) in [6, 6.07) is 0. The van der Waals surface area contributed by atoms with E-state index in [1.165, 1.54) is 167 Å². The summed E-state index contributed by atoms with van der Waals surface area (Å²) in [5, 5.41) is 0. The Hall–Kier alpha value is -0.000519. The second-order valence-corrected chi connectivity index (χ2v) is 12.3. The molecular weight excluding hydrogens is 463 g/mol. The molecule has 33 heavy (non-hydrogen) atoms. The molecule has 1 aromatic rings. The van der Waals surface area contributed by atoms with Gasteiger partial charge < -0.3 is 0 Å². The van der Waals surface area contributed by atoms with Crippen molar-refractivity contribution >= 4 is 14.5 Å². The van der Waals surface area contributed by atoms with E-state index in [4.69, 9.17) is 0 Å². The Morgan fingerprint density at radius 2 is 0.606 bits per heavy atom. The fourth-order valence-corrected chi connectivity index (χ4v) is 7.06. The fraction of sp³-hybridized carbons (Fsp3) is 0.875. The summed E-state index contributed by atoms with van der Waals surface area (Å²) in [5.41, 5.74) is 3.48. The summed E-state index contributed by atoms with van der Waals surface area (Å²) >= 11 is 0.666. The van der Waals surface area contributed by atoms with Crippen molar-refractivity contribution in [3.8, 4) is 0 Å². The summed E-state index contributed by atoms with van der Waals surface area (Å²) < 4.78 is 0. The minimum Gasteiger partial charge on any atom is -0.0654 e. The van der Waals surface area contributed by atoms with Gasteiger partial charge in [0, 0.05) is 0 Å². The van der Waals surface area contributed by atoms with E-state index in [-0.39, 0.29) is 0 Å². The quantitative estimate of drug-likeness (QED) is 0.0836. The van der Waals surface area contributed by atoms with Gasteiger partial charge in [-0.15, -0.1) is 0 Å². The Labute approximate surface area is 215 Å². The molecule has 0 radical (unpaired) electrons. The zero-order valence-corrected chi connectivity index (χ0v) is 24.7. The van der Waals surface area contributed by atoms with Gasteiger partial charge in [-0.3, -0.25) is 0 Å². The summed E-state index contributed by atoms with van der Waals surface area (Å²) in [6.07, 6.45) is 37.7. The molecule has 0 fully saturated rings. The molecule has 0 aromatic carbocycles. The number of rotatable bonds is 26. The van der Waals surface area contributed by atoms with Crippen LogP contribution in [0.1, 0.15) is 179 Å². The van der Waals surface area contributed by atoms with Crippen LogP contribution >= 0.6 is 0 Å². The number of aryl methyl sites for hydroxylation is 2. The van der Waals surface area contributed by atoms with Crippen LogP contribution in [0, 0.1) is 0 Å². The maximum absolute atomic E-state index is 2.58. The maximum atomic E-state index is 2.58. The molecule has 1 aromatic heterocycles. The molecule has 0 saturated carbocycles. The second-order valence-electron chi connectivity index (χ2n) is 10.7. The first-order valence-electron chi connectivity index (χ1n) is 15.4. The van der Waals surface area contributed by atoms with E-state index in [1.807, 2.05) is 0 Å². The topological polar surface area (TPSA) is 0 Å². The molecule has 0 aliphatic heterocycles. The van der Waals surface area contributed by atoms with E-state index >= 15 is 0 Å². The van der Waals surface area contributed by atoms with Crippen LogP contribution < -0.4 is 0 Å². The van der Waals surface area contributed by atoms with Gasteiger partial charge in [0.2, 0.25) is 0 Å². The van der Waals surface area contributed by atoms with Crippen LogP contribution in [0.5, 0.6) is 0 Å². The number of unbranched alkanes of at least 4 members (excludes halogenated alkanes) is 22. The minimum absolute atomic E-state index is 0.666. The molecule has 0 aliphatic carbocycles. The zero-order valence-electron chi connectivity index (χ0n) is 22.9. The molecule has 0 bridgehead atoms. The van der Waals surface area contributed by atoms with Gasteiger partial charge in [0.1, 0.15) is 0 Å². The number of hydrogen-bond donors (Lipinski definition) is 0. The van der Waals surface area contributed by atoms with Gasteiger partial charge in [-0.05, 0) is 0 Å². The zero-order chi connectivity index (χ0) is 23.7. The first-order valence-corrected chi connectivity index (χ1v) is 17.4. The third kappa shape index (κ3) is 19.9. The summed E-state index contributed by atoms with van der Waals surface area (Å²) in [7, 11) is 0. The van der Waals surface area contributed by atoms with Crippen LogP contribution in [-0.4, -0.2) is 14.5 Å². The summed E-state index contributed by atoms with van der Waals surface area (Å²) in [4.78, 5) is 5.17. The van der Waals surface area contributed by atoms with Crippen molar-refractivity contribution in [3.63, 3.8) is 0 Å². The molecule has 0 spiro atoms. The normalized spacial score (nSPS) is 11.5. The van der Waals surface area contributed by atoms with Crippen molar-refractivity contribution < 1.29 is 0 Å². The van der Waals surface area contributed by atoms with E-state index in [1.54, 1.807) is 11.1 Å². The standard InChI is InChI=1S/C32H60Se/c1-3-5-7-9-11-13-15-17-19-21-23-25-27-31-29-33-30-32(31)28-26-24-22-20-18-16-14-12-10-8-6-4-2/h29-30H,3-28H2,1-2H3. The van der Waals surface area contributed by atoms with Crippen molar-refractivity contribution in [3.05, 3.63) is 21.0 Å². The molecule has 0 aliphatic rings. The summed E-state index contributed by atoms with van der Waals surface area (Å²) in [6.45, 7) is 4.61. The number of hydrogen-bond acceptors (Lipinski definition) is 0. The van der Waals surface area contributed by atoms with Gasteiger partial charge in [0.05, 0.1) is 0 Å². The molecule has 0 amide bonds. The Morgan fingerprint density at radius 1 is 0.364 bits per heavy atom. The first kappa shape index (κ1) is 31.0. The molecule has 1 heteroatoms. The predicted octanol–water partition coefficient (Wildman–Crippen LogP) is 11.2. The van der Waals surface area contributed by atoms with Crippen molar-refractivity contribution in [1.29, 1.82) is 0 Å². The average Bonchev–Trinajstić information content (AvgIpc) is 3.27. The van der Waals surface area contributed by atoms with E-state index in [9.17, 15) is 0 Å². The Balaban J connectivity index is 1.89. The van der Waals surface area contributed by atoms with Crippen molar-refractivity contribution in [2.45, 2.75) is 181 Å². The van der Waals surface area contributed by atoms with E-state index in [0.29, 0.717) is 14.5 Å². The Morgan fingerprint density at radius 3 is 0.879 bits per heavy atom. The minimum atomic E-state index is 0.666. The monoisotopic (exact) mass is 524 g/mol. The van der Waals surface area contributed by atoms with Gasteiger partial charge in [0.15, 0.2) is 0 Å². The van der Waals surface area contributed by atoms with Gasteiger partial charge in [-0.2, -0.15) is 0 Å². The second kappa shape index (κ2) is 25.1. The predicted molar refractivity (Wildman–Crippen MR) is 153 cm³/mol. The van der Waals surface area contributed by atoms with E-state index < -0.39 is 0 Å². The smallest absolute Gasteiger partial charge is 0.0654 e. The van der Waals surface area contributed by atoms with Crippen LogP contribution in [0.25, 0.3) is 0 Å². The van der Waals surface area contributed by atoms with Crippen LogP contribution in [0.2, 0.25) is 0 Å². The molecular formula is C32H60Se. The van der Waals surface area contributed by atoms with Gasteiger partial charge in [0.25, 0.3) is 0 Å². The Kier molecular flexibility index (Phi) is 23.6. The molecule has 1 rings (SSSR count). The summed E-state index contributed by atoms with van der Waals surface area (Å²) in [5.74, 6) is 0. The van der Waals surface area contributed by atoms with E-state index in [0.717, 1.165) is 0 Å². The Bertz CT molecular complexity index is 446. The van der Waals surface area contributed by atoms with Crippen LogP contribution in [0.4, 0.5) is 0 Å². The molecule has 0 saturated heterocycles. The van der Waals surface area contributed by atoms with Crippen molar-refractivity contribution in [2.24, 2.45) is 0 Å². The van der Waals surface area contributed by atoms with Gasteiger partial charge >= 0.3 is 164 Å². The molecule has 0 unspecified atom stereocenters.